The summed E-state index contributed by atoms with van der Waals surface area (Å²) in [5.41, 5.74) is -0.391. The molecule has 0 saturated carbocycles. The molecule has 1 rings (SSSR count). The van der Waals surface area contributed by atoms with Crippen LogP contribution in [0.3, 0.4) is 0 Å². The van der Waals surface area contributed by atoms with Crippen molar-refractivity contribution in [1.29, 1.82) is 0 Å². The predicted octanol–water partition coefficient (Wildman–Crippen LogP) is -0.499. The van der Waals surface area contributed by atoms with E-state index in [1.165, 1.54) is 0 Å². The lowest BCUT2D eigenvalue weighted by molar-refractivity contribution is 0.0692. The Morgan fingerprint density at radius 3 is 2.72 bits per heavy atom. The maximum atomic E-state index is 12.2. The van der Waals surface area contributed by atoms with Gasteiger partial charge in [0.2, 0.25) is 0 Å². The number of hydrogen-bond acceptors (Lipinski definition) is 5. The van der Waals surface area contributed by atoms with Gasteiger partial charge in [0.15, 0.2) is 5.03 Å². The summed E-state index contributed by atoms with van der Waals surface area (Å²) in [6.45, 7) is 1.79. The molecule has 0 amide bonds. The van der Waals surface area contributed by atoms with E-state index in [1.54, 1.807) is 6.92 Å². The maximum absolute atomic E-state index is 12.2. The number of aromatic amines is 1. The standard InChI is InChI=1S/C9H15N3O5S/c1-2-12(4-3-5-13)18(16,17)8-7(9(14)15)6-10-11-8/h6,13H,2-5H2,1H3,(H,10,11)(H,14,15). The van der Waals surface area contributed by atoms with Crippen LogP contribution in [0.1, 0.15) is 23.7 Å². The molecule has 0 fully saturated rings. The van der Waals surface area contributed by atoms with E-state index in [9.17, 15) is 13.2 Å². The molecule has 0 bridgehead atoms. The number of rotatable bonds is 7. The number of H-pyrrole nitrogens is 1. The summed E-state index contributed by atoms with van der Waals surface area (Å²) in [5.74, 6) is -1.36. The molecule has 9 heteroatoms. The first kappa shape index (κ1) is 14.6. The number of aromatic nitrogens is 2. The molecule has 1 heterocycles. The zero-order chi connectivity index (χ0) is 13.8. The topological polar surface area (TPSA) is 124 Å². The Bertz CT molecular complexity index is 510. The average Bonchev–Trinajstić information content (AvgIpc) is 2.79. The molecule has 0 radical (unpaired) electrons. The number of carboxylic acids is 1. The van der Waals surface area contributed by atoms with Crippen LogP contribution >= 0.6 is 0 Å². The molecule has 0 unspecified atom stereocenters. The molecule has 0 aromatic carbocycles. The number of aliphatic hydroxyl groups is 1. The number of aromatic carboxylic acids is 1. The van der Waals surface area contributed by atoms with E-state index in [-0.39, 0.29) is 26.1 Å². The Morgan fingerprint density at radius 2 is 2.22 bits per heavy atom. The summed E-state index contributed by atoms with van der Waals surface area (Å²) in [6.07, 6.45) is 1.23. The second kappa shape index (κ2) is 5.94. The molecule has 0 atom stereocenters. The number of nitrogens with one attached hydrogen (secondary N) is 1. The zero-order valence-corrected chi connectivity index (χ0v) is 10.6. The third-order valence-corrected chi connectivity index (χ3v) is 4.30. The fourth-order valence-electron chi connectivity index (χ4n) is 1.45. The number of aliphatic hydroxyl groups excluding tert-OH is 1. The molecule has 0 aliphatic carbocycles. The van der Waals surface area contributed by atoms with E-state index in [4.69, 9.17) is 10.2 Å². The predicted molar refractivity (Wildman–Crippen MR) is 61.7 cm³/mol. The number of hydrogen-bond donors (Lipinski definition) is 3. The summed E-state index contributed by atoms with van der Waals surface area (Å²) in [5, 5.41) is 22.8. The minimum atomic E-state index is -3.93. The smallest absolute Gasteiger partial charge is 0.340 e. The van der Waals surface area contributed by atoms with Crippen molar-refractivity contribution in [3.05, 3.63) is 11.8 Å². The van der Waals surface area contributed by atoms with Crippen LogP contribution in [0.15, 0.2) is 11.2 Å². The molecule has 3 N–H and O–H groups in total. The van der Waals surface area contributed by atoms with Gasteiger partial charge >= 0.3 is 5.97 Å². The van der Waals surface area contributed by atoms with Crippen molar-refractivity contribution in [1.82, 2.24) is 14.5 Å². The van der Waals surface area contributed by atoms with Gasteiger partial charge in [0, 0.05) is 19.7 Å². The highest BCUT2D eigenvalue weighted by molar-refractivity contribution is 7.89. The summed E-state index contributed by atoms with van der Waals surface area (Å²) in [7, 11) is -3.93. The van der Waals surface area contributed by atoms with Crippen molar-refractivity contribution in [3.63, 3.8) is 0 Å². The lowest BCUT2D eigenvalue weighted by Crippen LogP contribution is -2.33. The van der Waals surface area contributed by atoms with Crippen molar-refractivity contribution >= 4 is 16.0 Å². The fraction of sp³-hybridized carbons (Fsp3) is 0.556. The van der Waals surface area contributed by atoms with Gasteiger partial charge in [-0.15, -0.1) is 0 Å². The Hall–Kier alpha value is -1.45. The number of nitrogens with zero attached hydrogens (tertiary/aromatic N) is 2. The van der Waals surface area contributed by atoms with Crippen molar-refractivity contribution in [2.45, 2.75) is 18.4 Å². The molecule has 8 nitrogen and oxygen atoms in total. The summed E-state index contributed by atoms with van der Waals surface area (Å²) in [4.78, 5) is 10.9. The number of carbonyl (C=O) groups is 1. The van der Waals surface area contributed by atoms with Gasteiger partial charge in [0.1, 0.15) is 5.56 Å². The van der Waals surface area contributed by atoms with E-state index in [0.29, 0.717) is 0 Å². The van der Waals surface area contributed by atoms with Crippen molar-refractivity contribution in [2.24, 2.45) is 0 Å². The first-order chi connectivity index (χ1) is 8.45. The van der Waals surface area contributed by atoms with Crippen molar-refractivity contribution in [2.75, 3.05) is 19.7 Å². The highest BCUT2D eigenvalue weighted by Gasteiger charge is 2.29. The Morgan fingerprint density at radius 1 is 1.56 bits per heavy atom. The summed E-state index contributed by atoms with van der Waals surface area (Å²) >= 11 is 0. The maximum Gasteiger partial charge on any atom is 0.340 e. The van der Waals surface area contributed by atoms with Gasteiger partial charge < -0.3 is 10.2 Å². The van der Waals surface area contributed by atoms with Crippen LogP contribution in [0.5, 0.6) is 0 Å². The van der Waals surface area contributed by atoms with Crippen LogP contribution in [-0.2, 0) is 10.0 Å². The van der Waals surface area contributed by atoms with Crippen LogP contribution < -0.4 is 0 Å². The molecule has 102 valence electrons. The highest BCUT2D eigenvalue weighted by atomic mass is 32.2. The summed E-state index contributed by atoms with van der Waals surface area (Å²) < 4.78 is 25.4. The van der Waals surface area contributed by atoms with Gasteiger partial charge in [-0.25, -0.2) is 13.2 Å². The Labute approximate surface area is 104 Å². The van der Waals surface area contributed by atoms with Gasteiger partial charge in [-0.3, -0.25) is 5.10 Å². The quantitative estimate of drug-likeness (QED) is 0.617. The normalized spacial score (nSPS) is 11.9. The van der Waals surface area contributed by atoms with Crippen LogP contribution in [0, 0.1) is 0 Å². The first-order valence-electron chi connectivity index (χ1n) is 5.32. The second-order valence-electron chi connectivity index (χ2n) is 3.49. The third-order valence-electron chi connectivity index (χ3n) is 2.35. The lowest BCUT2D eigenvalue weighted by Gasteiger charge is -2.19. The molecular formula is C9H15N3O5S. The minimum absolute atomic E-state index is 0.118. The first-order valence-corrected chi connectivity index (χ1v) is 6.76. The summed E-state index contributed by atoms with van der Waals surface area (Å²) in [6, 6.07) is 0. The van der Waals surface area contributed by atoms with Crippen molar-refractivity contribution < 1.29 is 23.4 Å². The molecule has 0 spiro atoms. The zero-order valence-electron chi connectivity index (χ0n) is 9.83. The van der Waals surface area contributed by atoms with Gasteiger partial charge in [-0.05, 0) is 6.42 Å². The van der Waals surface area contributed by atoms with Crippen LogP contribution in [0.4, 0.5) is 0 Å². The van der Waals surface area contributed by atoms with E-state index in [2.05, 4.69) is 10.2 Å². The molecule has 0 aliphatic rings. The van der Waals surface area contributed by atoms with E-state index >= 15 is 0 Å². The van der Waals surface area contributed by atoms with Crippen LogP contribution in [0.25, 0.3) is 0 Å². The number of carboxylic acid groups (broad SMARTS) is 1. The van der Waals surface area contributed by atoms with E-state index in [1.807, 2.05) is 0 Å². The molecule has 1 aromatic heterocycles. The van der Waals surface area contributed by atoms with Gasteiger partial charge in [-0.1, -0.05) is 6.92 Å². The number of sulfonamides is 1. The van der Waals surface area contributed by atoms with Gasteiger partial charge in [0.05, 0.1) is 6.20 Å². The van der Waals surface area contributed by atoms with Gasteiger partial charge in [-0.2, -0.15) is 9.40 Å². The highest BCUT2D eigenvalue weighted by Crippen LogP contribution is 2.17. The fourth-order valence-corrected chi connectivity index (χ4v) is 3.00. The van der Waals surface area contributed by atoms with Gasteiger partial charge in [0.25, 0.3) is 10.0 Å². The van der Waals surface area contributed by atoms with Crippen molar-refractivity contribution in [3.8, 4) is 0 Å². The molecular weight excluding hydrogens is 262 g/mol. The van der Waals surface area contributed by atoms with Crippen LogP contribution in [0.2, 0.25) is 0 Å². The minimum Gasteiger partial charge on any atom is -0.478 e. The lowest BCUT2D eigenvalue weighted by atomic mass is 10.4. The Balaban J connectivity index is 3.11. The largest absolute Gasteiger partial charge is 0.478 e. The van der Waals surface area contributed by atoms with E-state index < -0.39 is 26.6 Å². The molecule has 0 aliphatic heterocycles. The average molecular weight is 277 g/mol. The SMILES string of the molecule is CCN(CCCO)S(=O)(=O)c1[nH]ncc1C(=O)O. The van der Waals surface area contributed by atoms with Crippen LogP contribution in [-0.4, -0.2) is 58.8 Å². The third kappa shape index (κ3) is 2.86. The Kier molecular flexibility index (Phi) is 4.82. The molecule has 0 saturated heterocycles. The monoisotopic (exact) mass is 277 g/mol. The molecule has 1 aromatic rings. The van der Waals surface area contributed by atoms with E-state index in [0.717, 1.165) is 10.5 Å². The second-order valence-corrected chi connectivity index (χ2v) is 5.37. The molecule has 18 heavy (non-hydrogen) atoms.